The van der Waals surface area contributed by atoms with Gasteiger partial charge in [-0.25, -0.2) is 14.0 Å². The number of carbonyl (C=O) groups excluding carboxylic acids is 2. The maximum atomic E-state index is 13.9. The summed E-state index contributed by atoms with van der Waals surface area (Å²) in [7, 11) is 0. The lowest BCUT2D eigenvalue weighted by atomic mass is 9.95. The monoisotopic (exact) mass is 386 g/mol. The van der Waals surface area contributed by atoms with Crippen LogP contribution in [0.1, 0.15) is 18.5 Å². The van der Waals surface area contributed by atoms with Gasteiger partial charge in [-0.1, -0.05) is 42.5 Å². The molecular formula is C20H19FN2O3S. The summed E-state index contributed by atoms with van der Waals surface area (Å²) in [6.07, 6.45) is 0. The van der Waals surface area contributed by atoms with Crippen LogP contribution in [0.5, 0.6) is 0 Å². The molecule has 5 nitrogen and oxygen atoms in total. The Bertz CT molecular complexity index is 871. The Morgan fingerprint density at radius 1 is 1.15 bits per heavy atom. The Morgan fingerprint density at radius 3 is 2.56 bits per heavy atom. The van der Waals surface area contributed by atoms with Crippen LogP contribution in [0.2, 0.25) is 0 Å². The van der Waals surface area contributed by atoms with Crippen LogP contribution in [0, 0.1) is 5.82 Å². The number of nitrogens with one attached hydrogen (secondary N) is 2. The maximum Gasteiger partial charge on any atom is 0.338 e. The third-order valence-electron chi connectivity index (χ3n) is 3.99. The molecule has 1 aliphatic heterocycles. The molecule has 1 aliphatic rings. The minimum Gasteiger partial charge on any atom is -0.463 e. The second kappa shape index (κ2) is 8.73. The minimum atomic E-state index is -0.629. The van der Waals surface area contributed by atoms with Gasteiger partial charge in [0.25, 0.3) is 0 Å². The molecule has 0 radical (unpaired) electrons. The first-order valence-corrected chi connectivity index (χ1v) is 9.48. The van der Waals surface area contributed by atoms with Gasteiger partial charge in [0.2, 0.25) is 0 Å². The first-order valence-electron chi connectivity index (χ1n) is 8.50. The van der Waals surface area contributed by atoms with Crippen LogP contribution in [0.15, 0.2) is 70.8 Å². The van der Waals surface area contributed by atoms with Crippen molar-refractivity contribution in [3.63, 3.8) is 0 Å². The molecule has 2 aromatic carbocycles. The van der Waals surface area contributed by atoms with Crippen molar-refractivity contribution in [1.29, 1.82) is 0 Å². The molecule has 3 rings (SSSR count). The SMILES string of the molecule is CCOC(=O)C1=C(CSc2ccccc2F)NC(=O)N[C@H]1c1ccccc1. The van der Waals surface area contributed by atoms with E-state index in [4.69, 9.17) is 4.74 Å². The van der Waals surface area contributed by atoms with Gasteiger partial charge in [0.05, 0.1) is 18.2 Å². The summed E-state index contributed by atoms with van der Waals surface area (Å²) >= 11 is 1.21. The predicted molar refractivity (Wildman–Crippen MR) is 102 cm³/mol. The van der Waals surface area contributed by atoms with Gasteiger partial charge in [-0.2, -0.15) is 0 Å². The van der Waals surface area contributed by atoms with E-state index in [0.29, 0.717) is 16.2 Å². The Balaban J connectivity index is 1.96. The average Bonchev–Trinajstić information content (AvgIpc) is 2.67. The van der Waals surface area contributed by atoms with Crippen LogP contribution < -0.4 is 10.6 Å². The largest absolute Gasteiger partial charge is 0.463 e. The number of ether oxygens (including phenoxy) is 1. The number of rotatable bonds is 6. The zero-order valence-electron chi connectivity index (χ0n) is 14.7. The van der Waals surface area contributed by atoms with E-state index >= 15 is 0 Å². The Kier molecular flexibility index (Phi) is 6.13. The highest BCUT2D eigenvalue weighted by Crippen LogP contribution is 2.31. The highest BCUT2D eigenvalue weighted by molar-refractivity contribution is 7.99. The summed E-state index contributed by atoms with van der Waals surface area (Å²) in [6.45, 7) is 1.93. The number of hydrogen-bond acceptors (Lipinski definition) is 4. The quantitative estimate of drug-likeness (QED) is 0.586. The van der Waals surface area contributed by atoms with Gasteiger partial charge in [0.15, 0.2) is 0 Å². The Labute approximate surface area is 161 Å². The summed E-state index contributed by atoms with van der Waals surface area (Å²) < 4.78 is 19.1. The summed E-state index contributed by atoms with van der Waals surface area (Å²) in [6, 6.07) is 14.5. The summed E-state index contributed by atoms with van der Waals surface area (Å²) in [5, 5.41) is 5.45. The standard InChI is InChI=1S/C20H19FN2O3S/c1-2-26-19(24)17-15(12-27-16-11-7-6-10-14(16)21)22-20(25)23-18(17)13-8-4-3-5-9-13/h3-11,18H,2,12H2,1H3,(H2,22,23,25)/t18-/m0/s1. The number of urea groups is 1. The fourth-order valence-corrected chi connectivity index (χ4v) is 3.70. The zero-order chi connectivity index (χ0) is 19.2. The van der Waals surface area contributed by atoms with Crippen molar-refractivity contribution in [3.8, 4) is 0 Å². The molecule has 0 fully saturated rings. The van der Waals surface area contributed by atoms with Crippen molar-refractivity contribution in [2.45, 2.75) is 17.9 Å². The first kappa shape index (κ1) is 19.0. The number of carbonyl (C=O) groups is 2. The molecule has 2 amide bonds. The van der Waals surface area contributed by atoms with E-state index in [-0.39, 0.29) is 18.2 Å². The lowest BCUT2D eigenvalue weighted by Crippen LogP contribution is -2.46. The molecule has 7 heteroatoms. The predicted octanol–water partition coefficient (Wildman–Crippen LogP) is 3.79. The molecule has 0 spiro atoms. The third kappa shape index (κ3) is 4.49. The van der Waals surface area contributed by atoms with Gasteiger partial charge in [-0.3, -0.25) is 0 Å². The average molecular weight is 386 g/mol. The Morgan fingerprint density at radius 2 is 1.85 bits per heavy atom. The van der Waals surface area contributed by atoms with E-state index in [1.807, 2.05) is 30.3 Å². The molecular weight excluding hydrogens is 367 g/mol. The van der Waals surface area contributed by atoms with Crippen molar-refractivity contribution in [3.05, 3.63) is 77.2 Å². The number of halogens is 1. The number of thioether (sulfide) groups is 1. The van der Waals surface area contributed by atoms with Crippen molar-refractivity contribution in [2.75, 3.05) is 12.4 Å². The molecule has 1 atom stereocenters. The van der Waals surface area contributed by atoms with E-state index < -0.39 is 18.0 Å². The second-order valence-electron chi connectivity index (χ2n) is 5.77. The smallest absolute Gasteiger partial charge is 0.338 e. The molecule has 1 heterocycles. The maximum absolute atomic E-state index is 13.9. The van der Waals surface area contributed by atoms with Crippen molar-refractivity contribution >= 4 is 23.8 Å². The number of amides is 2. The van der Waals surface area contributed by atoms with Crippen LogP contribution in [-0.2, 0) is 9.53 Å². The van der Waals surface area contributed by atoms with Crippen LogP contribution in [-0.4, -0.2) is 24.4 Å². The van der Waals surface area contributed by atoms with Crippen molar-refractivity contribution in [1.82, 2.24) is 10.6 Å². The van der Waals surface area contributed by atoms with Gasteiger partial charge < -0.3 is 15.4 Å². The second-order valence-corrected chi connectivity index (χ2v) is 6.79. The molecule has 140 valence electrons. The summed E-state index contributed by atoms with van der Waals surface area (Å²) in [5.74, 6) is -0.630. The van der Waals surface area contributed by atoms with E-state index in [2.05, 4.69) is 10.6 Å². The molecule has 0 aliphatic carbocycles. The summed E-state index contributed by atoms with van der Waals surface area (Å²) in [5.41, 5.74) is 1.51. The lowest BCUT2D eigenvalue weighted by Gasteiger charge is -2.29. The van der Waals surface area contributed by atoms with E-state index in [9.17, 15) is 14.0 Å². The normalized spacial score (nSPS) is 16.5. The van der Waals surface area contributed by atoms with Crippen LogP contribution >= 0.6 is 11.8 Å². The van der Waals surface area contributed by atoms with Gasteiger partial charge in [-0.05, 0) is 24.6 Å². The number of esters is 1. The first-order chi connectivity index (χ1) is 13.1. The molecule has 0 bridgehead atoms. The van der Waals surface area contributed by atoms with Gasteiger partial charge in [-0.15, -0.1) is 11.8 Å². The van der Waals surface area contributed by atoms with Crippen molar-refractivity contribution < 1.29 is 18.7 Å². The fourth-order valence-electron chi connectivity index (χ4n) is 2.79. The van der Waals surface area contributed by atoms with Crippen LogP contribution in [0.25, 0.3) is 0 Å². The van der Waals surface area contributed by atoms with E-state index in [1.165, 1.54) is 17.8 Å². The van der Waals surface area contributed by atoms with Crippen LogP contribution in [0.3, 0.4) is 0 Å². The Hall–Kier alpha value is -2.80. The highest BCUT2D eigenvalue weighted by Gasteiger charge is 2.33. The molecule has 2 aromatic rings. The highest BCUT2D eigenvalue weighted by atomic mass is 32.2. The number of hydrogen-bond donors (Lipinski definition) is 2. The lowest BCUT2D eigenvalue weighted by molar-refractivity contribution is -0.139. The van der Waals surface area contributed by atoms with Gasteiger partial charge in [0.1, 0.15) is 5.82 Å². The molecule has 0 aromatic heterocycles. The van der Waals surface area contributed by atoms with Gasteiger partial charge in [0, 0.05) is 16.3 Å². The molecule has 0 saturated carbocycles. The van der Waals surface area contributed by atoms with Crippen molar-refractivity contribution in [2.24, 2.45) is 0 Å². The minimum absolute atomic E-state index is 0.214. The molecule has 0 unspecified atom stereocenters. The third-order valence-corrected chi connectivity index (χ3v) is 5.07. The van der Waals surface area contributed by atoms with Crippen LogP contribution in [0.4, 0.5) is 9.18 Å². The molecule has 27 heavy (non-hydrogen) atoms. The number of benzene rings is 2. The van der Waals surface area contributed by atoms with Gasteiger partial charge >= 0.3 is 12.0 Å². The summed E-state index contributed by atoms with van der Waals surface area (Å²) in [4.78, 5) is 25.2. The molecule has 2 N–H and O–H groups in total. The van der Waals surface area contributed by atoms with E-state index in [1.54, 1.807) is 25.1 Å². The topological polar surface area (TPSA) is 67.4 Å². The molecule has 0 saturated heterocycles. The fraction of sp³-hybridized carbons (Fsp3) is 0.200. The zero-order valence-corrected chi connectivity index (χ0v) is 15.5. The van der Waals surface area contributed by atoms with E-state index in [0.717, 1.165) is 5.56 Å².